The smallest absolute Gasteiger partial charge is 0.235 e. The predicted octanol–water partition coefficient (Wildman–Crippen LogP) is 3.21. The number of hydrogen-bond donors (Lipinski definition) is 0. The van der Waals surface area contributed by atoms with Gasteiger partial charge in [0.1, 0.15) is 0 Å². The van der Waals surface area contributed by atoms with Crippen molar-refractivity contribution >= 4 is 16.8 Å². The standard InChI is InChI=1S/C14H12FNO4/c1-19-9-20-14-11(6-7-16(17)18)8-10-4-2-3-5-12(10)13(14)15/h2-8H,9H2,1H3. The molecule has 0 unspecified atom stereocenters. The highest BCUT2D eigenvalue weighted by molar-refractivity contribution is 5.87. The third-order valence-corrected chi connectivity index (χ3v) is 2.67. The molecule has 0 fully saturated rings. The van der Waals surface area contributed by atoms with E-state index in [1.165, 1.54) is 13.2 Å². The Morgan fingerprint density at radius 1 is 1.40 bits per heavy atom. The topological polar surface area (TPSA) is 61.6 Å². The molecule has 2 rings (SSSR count). The fourth-order valence-corrected chi connectivity index (χ4v) is 1.83. The predicted molar refractivity (Wildman–Crippen MR) is 72.4 cm³/mol. The summed E-state index contributed by atoms with van der Waals surface area (Å²) >= 11 is 0. The number of ether oxygens (including phenoxy) is 2. The number of fused-ring (bicyclic) bond motifs is 1. The third-order valence-electron chi connectivity index (χ3n) is 2.67. The minimum Gasteiger partial charge on any atom is -0.464 e. The Morgan fingerprint density at radius 2 is 2.15 bits per heavy atom. The summed E-state index contributed by atoms with van der Waals surface area (Å²) in [6, 6.07) is 8.44. The van der Waals surface area contributed by atoms with Crippen LogP contribution >= 0.6 is 0 Å². The van der Waals surface area contributed by atoms with Crippen molar-refractivity contribution in [3.8, 4) is 5.75 Å². The molecule has 0 aliphatic rings. The second-order valence-electron chi connectivity index (χ2n) is 3.98. The highest BCUT2D eigenvalue weighted by Crippen LogP contribution is 2.31. The lowest BCUT2D eigenvalue weighted by molar-refractivity contribution is -0.400. The molecule has 0 bridgehead atoms. The molecule has 0 heterocycles. The molecule has 0 amide bonds. The Morgan fingerprint density at radius 3 is 2.85 bits per heavy atom. The summed E-state index contributed by atoms with van der Waals surface area (Å²) in [5, 5.41) is 11.4. The van der Waals surface area contributed by atoms with Gasteiger partial charge in [-0.15, -0.1) is 0 Å². The van der Waals surface area contributed by atoms with Crippen LogP contribution in [-0.2, 0) is 4.74 Å². The Balaban J connectivity index is 2.59. The molecule has 6 heteroatoms. The SMILES string of the molecule is COCOc1c(C=C[N+](=O)[O-])cc2ccccc2c1F. The molecule has 0 radical (unpaired) electrons. The number of rotatable bonds is 5. The van der Waals surface area contributed by atoms with E-state index in [2.05, 4.69) is 0 Å². The summed E-state index contributed by atoms with van der Waals surface area (Å²) in [5.41, 5.74) is 0.287. The molecule has 5 nitrogen and oxygen atoms in total. The van der Waals surface area contributed by atoms with E-state index in [1.54, 1.807) is 30.3 Å². The Hall–Kier alpha value is -2.47. The van der Waals surface area contributed by atoms with Gasteiger partial charge in [-0.2, -0.15) is 0 Å². The number of hydrogen-bond acceptors (Lipinski definition) is 4. The van der Waals surface area contributed by atoms with Crippen LogP contribution in [0.2, 0.25) is 0 Å². The Labute approximate surface area is 114 Å². The number of nitrogens with zero attached hydrogens (tertiary/aromatic N) is 1. The van der Waals surface area contributed by atoms with E-state index in [9.17, 15) is 14.5 Å². The number of methoxy groups -OCH3 is 1. The van der Waals surface area contributed by atoms with Crippen LogP contribution in [0.1, 0.15) is 5.56 Å². The molecular weight excluding hydrogens is 265 g/mol. The molecule has 0 atom stereocenters. The van der Waals surface area contributed by atoms with Crippen molar-refractivity contribution in [2.24, 2.45) is 0 Å². The van der Waals surface area contributed by atoms with Gasteiger partial charge in [0, 0.05) is 24.1 Å². The summed E-state index contributed by atoms with van der Waals surface area (Å²) in [6.45, 7) is -0.144. The van der Waals surface area contributed by atoms with E-state index >= 15 is 0 Å². The van der Waals surface area contributed by atoms with E-state index in [-0.39, 0.29) is 18.1 Å². The minimum absolute atomic E-state index is 0.0661. The lowest BCUT2D eigenvalue weighted by Gasteiger charge is -2.11. The lowest BCUT2D eigenvalue weighted by atomic mass is 10.0. The molecule has 20 heavy (non-hydrogen) atoms. The van der Waals surface area contributed by atoms with E-state index in [1.807, 2.05) is 0 Å². The fourth-order valence-electron chi connectivity index (χ4n) is 1.83. The quantitative estimate of drug-likeness (QED) is 0.478. The molecule has 2 aromatic rings. The normalized spacial score (nSPS) is 11.1. The van der Waals surface area contributed by atoms with Crippen LogP contribution in [0.4, 0.5) is 4.39 Å². The monoisotopic (exact) mass is 277 g/mol. The van der Waals surface area contributed by atoms with E-state index in [0.717, 1.165) is 6.20 Å². The lowest BCUT2D eigenvalue weighted by Crippen LogP contribution is -2.03. The van der Waals surface area contributed by atoms with Crippen molar-refractivity contribution in [1.29, 1.82) is 0 Å². The van der Waals surface area contributed by atoms with Gasteiger partial charge in [-0.25, -0.2) is 4.39 Å². The average Bonchev–Trinajstić information content (AvgIpc) is 2.44. The largest absolute Gasteiger partial charge is 0.464 e. The summed E-state index contributed by atoms with van der Waals surface area (Å²) < 4.78 is 24.3. The van der Waals surface area contributed by atoms with Crippen molar-refractivity contribution in [3.05, 3.63) is 58.0 Å². The zero-order chi connectivity index (χ0) is 14.5. The molecule has 0 aliphatic carbocycles. The van der Waals surface area contributed by atoms with E-state index in [0.29, 0.717) is 10.8 Å². The molecule has 0 saturated carbocycles. The molecule has 104 valence electrons. The summed E-state index contributed by atoms with van der Waals surface area (Å²) in [6.07, 6.45) is 1.93. The average molecular weight is 277 g/mol. The molecule has 0 aromatic heterocycles. The highest BCUT2D eigenvalue weighted by atomic mass is 19.1. The summed E-state index contributed by atoms with van der Waals surface area (Å²) in [5.74, 6) is -0.633. The van der Waals surface area contributed by atoms with Crippen LogP contribution in [0, 0.1) is 15.9 Å². The van der Waals surface area contributed by atoms with Gasteiger partial charge in [0.25, 0.3) is 0 Å². The molecule has 2 aromatic carbocycles. The maximum atomic E-state index is 14.4. The van der Waals surface area contributed by atoms with Gasteiger partial charge >= 0.3 is 0 Å². The fraction of sp³-hybridized carbons (Fsp3) is 0.143. The number of halogens is 1. The minimum atomic E-state index is -0.618. The van der Waals surface area contributed by atoms with Gasteiger partial charge < -0.3 is 9.47 Å². The molecule has 0 N–H and O–H groups in total. The van der Waals surface area contributed by atoms with Crippen LogP contribution in [-0.4, -0.2) is 18.8 Å². The van der Waals surface area contributed by atoms with Crippen molar-refractivity contribution in [2.75, 3.05) is 13.9 Å². The Bertz CT molecular complexity index is 670. The highest BCUT2D eigenvalue weighted by Gasteiger charge is 2.14. The van der Waals surface area contributed by atoms with Gasteiger partial charge in [0.05, 0.1) is 4.92 Å². The first-order valence-corrected chi connectivity index (χ1v) is 5.78. The summed E-state index contributed by atoms with van der Waals surface area (Å²) in [7, 11) is 1.41. The van der Waals surface area contributed by atoms with E-state index < -0.39 is 10.7 Å². The zero-order valence-corrected chi connectivity index (χ0v) is 10.7. The molecule has 0 saturated heterocycles. The number of nitro groups is 1. The Kier molecular flexibility index (Phi) is 4.27. The molecular formula is C14H12FNO4. The molecule has 0 aliphatic heterocycles. The van der Waals surface area contributed by atoms with Gasteiger partial charge in [-0.3, -0.25) is 10.1 Å². The zero-order valence-electron chi connectivity index (χ0n) is 10.7. The molecule has 0 spiro atoms. The second kappa shape index (κ2) is 6.12. The van der Waals surface area contributed by atoms with Crippen molar-refractivity contribution in [1.82, 2.24) is 0 Å². The van der Waals surface area contributed by atoms with Crippen LogP contribution in [0.5, 0.6) is 5.75 Å². The third kappa shape index (κ3) is 2.92. The first-order valence-electron chi connectivity index (χ1n) is 5.78. The van der Waals surface area contributed by atoms with Crippen LogP contribution in [0.3, 0.4) is 0 Å². The van der Waals surface area contributed by atoms with Crippen LogP contribution < -0.4 is 4.74 Å². The van der Waals surface area contributed by atoms with Crippen molar-refractivity contribution < 1.29 is 18.8 Å². The van der Waals surface area contributed by atoms with E-state index in [4.69, 9.17) is 9.47 Å². The van der Waals surface area contributed by atoms with Gasteiger partial charge in [0.2, 0.25) is 6.20 Å². The van der Waals surface area contributed by atoms with Gasteiger partial charge in [-0.05, 0) is 11.5 Å². The number of benzene rings is 2. The van der Waals surface area contributed by atoms with Crippen LogP contribution in [0.25, 0.3) is 16.8 Å². The maximum absolute atomic E-state index is 14.4. The van der Waals surface area contributed by atoms with Crippen molar-refractivity contribution in [3.63, 3.8) is 0 Å². The first kappa shape index (κ1) is 14.0. The summed E-state index contributed by atoms with van der Waals surface area (Å²) in [4.78, 5) is 9.79. The van der Waals surface area contributed by atoms with Gasteiger partial charge in [0.15, 0.2) is 18.4 Å². The van der Waals surface area contributed by atoms with Crippen LogP contribution in [0.15, 0.2) is 36.5 Å². The van der Waals surface area contributed by atoms with Crippen molar-refractivity contribution in [2.45, 2.75) is 0 Å². The first-order chi connectivity index (χ1) is 9.63. The van der Waals surface area contributed by atoms with Gasteiger partial charge in [-0.1, -0.05) is 24.3 Å². The second-order valence-corrected chi connectivity index (χ2v) is 3.98. The maximum Gasteiger partial charge on any atom is 0.235 e.